The molecular formula is C21H22N2O3. The Kier molecular flexibility index (Phi) is 4.39. The quantitative estimate of drug-likeness (QED) is 0.760. The number of benzene rings is 2. The van der Waals surface area contributed by atoms with Gasteiger partial charge in [-0.05, 0) is 37.1 Å². The lowest BCUT2D eigenvalue weighted by Gasteiger charge is -2.34. The summed E-state index contributed by atoms with van der Waals surface area (Å²) >= 11 is 0. The lowest BCUT2D eigenvalue weighted by molar-refractivity contribution is -0.138. The highest BCUT2D eigenvalue weighted by atomic mass is 16.5. The number of aromatic nitrogens is 1. The molecule has 1 atom stereocenters. The Morgan fingerprint density at radius 2 is 2.00 bits per heavy atom. The first-order valence-corrected chi connectivity index (χ1v) is 8.84. The number of rotatable bonds is 4. The highest BCUT2D eigenvalue weighted by Crippen LogP contribution is 2.30. The van der Waals surface area contributed by atoms with Gasteiger partial charge in [0.2, 0.25) is 0 Å². The number of aliphatic hydroxyl groups excluding tert-OH is 1. The Balaban J connectivity index is 1.52. The van der Waals surface area contributed by atoms with Crippen molar-refractivity contribution in [3.05, 3.63) is 65.4 Å². The molecule has 2 N–H and O–H groups in total. The molecule has 5 nitrogen and oxygen atoms in total. The zero-order valence-electron chi connectivity index (χ0n) is 14.7. The van der Waals surface area contributed by atoms with Crippen LogP contribution in [-0.4, -0.2) is 40.2 Å². The zero-order valence-corrected chi connectivity index (χ0v) is 14.7. The lowest BCUT2D eigenvalue weighted by Crippen LogP contribution is -2.48. The molecule has 5 heteroatoms. The first-order valence-electron chi connectivity index (χ1n) is 8.84. The Hall–Kier alpha value is -2.79. The van der Waals surface area contributed by atoms with Gasteiger partial charge in [-0.15, -0.1) is 0 Å². The normalized spacial score (nSPS) is 16.5. The summed E-state index contributed by atoms with van der Waals surface area (Å²) in [5, 5.41) is 11.0. The number of amides is 1. The van der Waals surface area contributed by atoms with E-state index in [2.05, 4.69) is 11.1 Å². The minimum Gasteiger partial charge on any atom is -0.484 e. The molecule has 3 aromatic rings. The van der Waals surface area contributed by atoms with Crippen LogP contribution in [0, 0.1) is 6.92 Å². The van der Waals surface area contributed by atoms with Gasteiger partial charge in [0, 0.05) is 16.6 Å². The van der Waals surface area contributed by atoms with Crippen molar-refractivity contribution in [3.8, 4) is 5.75 Å². The van der Waals surface area contributed by atoms with E-state index >= 15 is 0 Å². The Labute approximate surface area is 152 Å². The average Bonchev–Trinajstić information content (AvgIpc) is 3.03. The minimum atomic E-state index is -0.226. The number of hydrogen-bond donors (Lipinski definition) is 2. The van der Waals surface area contributed by atoms with Crippen molar-refractivity contribution >= 4 is 16.8 Å². The Morgan fingerprint density at radius 1 is 1.23 bits per heavy atom. The molecule has 0 aliphatic carbocycles. The molecule has 1 aromatic heterocycles. The number of hydrogen-bond acceptors (Lipinski definition) is 3. The van der Waals surface area contributed by atoms with E-state index < -0.39 is 0 Å². The van der Waals surface area contributed by atoms with Crippen LogP contribution in [0.2, 0.25) is 0 Å². The van der Waals surface area contributed by atoms with E-state index in [9.17, 15) is 9.90 Å². The summed E-state index contributed by atoms with van der Waals surface area (Å²) in [4.78, 5) is 17.8. The molecule has 0 saturated carbocycles. The van der Waals surface area contributed by atoms with Gasteiger partial charge in [0.15, 0.2) is 6.61 Å². The SMILES string of the molecule is Cc1ccc(OCC(=O)N2Cc3[nH]c4ccccc4c3CC2CO)cc1. The number of carbonyl (C=O) groups is 1. The molecule has 0 spiro atoms. The largest absolute Gasteiger partial charge is 0.484 e. The summed E-state index contributed by atoms with van der Waals surface area (Å²) in [6.45, 7) is 2.38. The molecular weight excluding hydrogens is 328 g/mol. The van der Waals surface area contributed by atoms with E-state index in [1.165, 1.54) is 10.9 Å². The number of aliphatic hydroxyl groups is 1. The average molecular weight is 350 g/mol. The van der Waals surface area contributed by atoms with Gasteiger partial charge in [-0.25, -0.2) is 0 Å². The first-order chi connectivity index (χ1) is 12.7. The minimum absolute atomic E-state index is 0.0326. The fourth-order valence-corrected chi connectivity index (χ4v) is 3.59. The second-order valence-electron chi connectivity index (χ2n) is 6.79. The van der Waals surface area contributed by atoms with E-state index in [1.54, 1.807) is 4.90 Å². The number of ether oxygens (including phenoxy) is 1. The fourth-order valence-electron chi connectivity index (χ4n) is 3.59. The maximum atomic E-state index is 12.7. The molecule has 134 valence electrons. The van der Waals surface area contributed by atoms with Crippen LogP contribution in [0.15, 0.2) is 48.5 Å². The lowest BCUT2D eigenvalue weighted by atomic mass is 9.97. The number of aromatic amines is 1. The number of para-hydroxylation sites is 1. The highest BCUT2D eigenvalue weighted by molar-refractivity contribution is 5.86. The van der Waals surface area contributed by atoms with Crippen LogP contribution < -0.4 is 4.74 Å². The third-order valence-corrected chi connectivity index (χ3v) is 5.03. The van der Waals surface area contributed by atoms with Crippen molar-refractivity contribution in [1.82, 2.24) is 9.88 Å². The van der Waals surface area contributed by atoms with Crippen LogP contribution in [0.25, 0.3) is 10.9 Å². The van der Waals surface area contributed by atoms with Crippen molar-refractivity contribution in [1.29, 1.82) is 0 Å². The van der Waals surface area contributed by atoms with E-state index in [0.29, 0.717) is 18.7 Å². The number of fused-ring (bicyclic) bond motifs is 3. The maximum Gasteiger partial charge on any atom is 0.261 e. The van der Waals surface area contributed by atoms with Gasteiger partial charge in [0.05, 0.1) is 19.2 Å². The van der Waals surface area contributed by atoms with E-state index in [1.807, 2.05) is 49.4 Å². The summed E-state index contributed by atoms with van der Waals surface area (Å²) in [6, 6.07) is 15.5. The summed E-state index contributed by atoms with van der Waals surface area (Å²) in [7, 11) is 0. The highest BCUT2D eigenvalue weighted by Gasteiger charge is 2.31. The zero-order chi connectivity index (χ0) is 18.1. The molecule has 26 heavy (non-hydrogen) atoms. The summed E-state index contributed by atoms with van der Waals surface area (Å²) in [5.74, 6) is 0.557. The molecule has 1 aliphatic heterocycles. The smallest absolute Gasteiger partial charge is 0.261 e. The van der Waals surface area contributed by atoms with Crippen LogP contribution in [0.4, 0.5) is 0 Å². The molecule has 0 saturated heterocycles. The molecule has 1 amide bonds. The van der Waals surface area contributed by atoms with Crippen molar-refractivity contribution in [3.63, 3.8) is 0 Å². The Bertz CT molecular complexity index is 930. The third kappa shape index (κ3) is 3.06. The molecule has 1 unspecified atom stereocenters. The summed E-state index contributed by atoms with van der Waals surface area (Å²) < 4.78 is 5.63. The van der Waals surface area contributed by atoms with Gasteiger partial charge in [-0.1, -0.05) is 35.9 Å². The summed E-state index contributed by atoms with van der Waals surface area (Å²) in [6.07, 6.45) is 0.645. The van der Waals surface area contributed by atoms with Gasteiger partial charge >= 0.3 is 0 Å². The van der Waals surface area contributed by atoms with Crippen molar-refractivity contribution in [2.75, 3.05) is 13.2 Å². The van der Waals surface area contributed by atoms with E-state index in [4.69, 9.17) is 4.74 Å². The number of nitrogens with one attached hydrogen (secondary N) is 1. The molecule has 1 aliphatic rings. The number of carbonyl (C=O) groups excluding carboxylic acids is 1. The van der Waals surface area contributed by atoms with Crippen molar-refractivity contribution < 1.29 is 14.6 Å². The molecule has 0 fully saturated rings. The van der Waals surface area contributed by atoms with Gasteiger partial charge in [-0.2, -0.15) is 0 Å². The topological polar surface area (TPSA) is 65.6 Å². The predicted octanol–water partition coefficient (Wildman–Crippen LogP) is 2.80. The molecule has 0 radical (unpaired) electrons. The van der Waals surface area contributed by atoms with Crippen molar-refractivity contribution in [2.24, 2.45) is 0 Å². The van der Waals surface area contributed by atoms with E-state index in [0.717, 1.165) is 16.8 Å². The Morgan fingerprint density at radius 3 is 2.77 bits per heavy atom. The van der Waals surface area contributed by atoms with Crippen LogP contribution >= 0.6 is 0 Å². The predicted molar refractivity (Wildman–Crippen MR) is 100 cm³/mol. The van der Waals surface area contributed by atoms with Crippen molar-refractivity contribution in [2.45, 2.75) is 25.9 Å². The van der Waals surface area contributed by atoms with E-state index in [-0.39, 0.29) is 25.2 Å². The van der Waals surface area contributed by atoms with Gasteiger partial charge in [0.1, 0.15) is 5.75 Å². The van der Waals surface area contributed by atoms with Crippen LogP contribution in [0.5, 0.6) is 5.75 Å². The second kappa shape index (κ2) is 6.84. The summed E-state index contributed by atoms with van der Waals surface area (Å²) in [5.41, 5.74) is 4.45. The van der Waals surface area contributed by atoms with Crippen LogP contribution in [-0.2, 0) is 17.8 Å². The van der Waals surface area contributed by atoms with Gasteiger partial charge < -0.3 is 19.7 Å². The van der Waals surface area contributed by atoms with Gasteiger partial charge in [-0.3, -0.25) is 4.79 Å². The first kappa shape index (κ1) is 16.7. The monoisotopic (exact) mass is 350 g/mol. The number of H-pyrrole nitrogens is 1. The molecule has 2 heterocycles. The standard InChI is InChI=1S/C21H22N2O3/c1-14-6-8-16(9-7-14)26-13-21(25)23-11-20-18(10-15(23)12-24)17-4-2-3-5-19(17)22-20/h2-9,15,22,24H,10-13H2,1H3. The van der Waals surface area contributed by atoms with Gasteiger partial charge in [0.25, 0.3) is 5.91 Å². The van der Waals surface area contributed by atoms with Crippen LogP contribution in [0.1, 0.15) is 16.8 Å². The molecule has 2 aromatic carbocycles. The number of aryl methyl sites for hydroxylation is 1. The molecule has 0 bridgehead atoms. The van der Waals surface area contributed by atoms with Crippen LogP contribution in [0.3, 0.4) is 0 Å². The maximum absolute atomic E-state index is 12.7. The molecule has 4 rings (SSSR count). The second-order valence-corrected chi connectivity index (χ2v) is 6.79. The third-order valence-electron chi connectivity index (χ3n) is 5.03. The fraction of sp³-hybridized carbons (Fsp3) is 0.286. The number of nitrogens with zero attached hydrogens (tertiary/aromatic N) is 1.